The summed E-state index contributed by atoms with van der Waals surface area (Å²) in [6.45, 7) is 2.52. The van der Waals surface area contributed by atoms with Crippen LogP contribution in [-0.4, -0.2) is 14.8 Å². The summed E-state index contributed by atoms with van der Waals surface area (Å²) >= 11 is 5.30. The number of rotatable bonds is 4. The van der Waals surface area contributed by atoms with Gasteiger partial charge in [0.05, 0.1) is 6.54 Å². The molecule has 2 N–H and O–H groups in total. The highest BCUT2D eigenvalue weighted by atomic mass is 32.1. The highest BCUT2D eigenvalue weighted by Crippen LogP contribution is 2.14. The third-order valence-electron chi connectivity index (χ3n) is 3.33. The van der Waals surface area contributed by atoms with Crippen LogP contribution in [0.4, 0.5) is 10.1 Å². The van der Waals surface area contributed by atoms with Gasteiger partial charge in [-0.1, -0.05) is 17.7 Å². The molecule has 3 aromatic rings. The molecule has 4 nitrogen and oxygen atoms in total. The molecular weight excluding hydrogens is 299 g/mol. The molecule has 0 fully saturated rings. The van der Waals surface area contributed by atoms with E-state index in [1.165, 1.54) is 17.7 Å². The van der Waals surface area contributed by atoms with Crippen LogP contribution in [0, 0.1) is 17.5 Å². The van der Waals surface area contributed by atoms with Crippen LogP contribution >= 0.6 is 12.2 Å². The molecule has 1 aromatic heterocycles. The van der Waals surface area contributed by atoms with Gasteiger partial charge in [-0.2, -0.15) is 5.10 Å². The van der Waals surface area contributed by atoms with Crippen molar-refractivity contribution < 1.29 is 4.39 Å². The van der Waals surface area contributed by atoms with Gasteiger partial charge in [0.15, 0.2) is 10.6 Å². The molecule has 0 amide bonds. The van der Waals surface area contributed by atoms with Crippen LogP contribution in [0.3, 0.4) is 0 Å². The van der Waals surface area contributed by atoms with Crippen molar-refractivity contribution >= 4 is 17.9 Å². The molecule has 0 aliphatic rings. The Bertz CT molecular complexity index is 819. The molecule has 0 atom stereocenters. The summed E-state index contributed by atoms with van der Waals surface area (Å²) in [7, 11) is 0. The van der Waals surface area contributed by atoms with Crippen LogP contribution < -0.4 is 5.32 Å². The number of anilines is 1. The van der Waals surface area contributed by atoms with Crippen molar-refractivity contribution in [2.75, 3.05) is 5.32 Å². The van der Waals surface area contributed by atoms with Crippen LogP contribution in [0.15, 0.2) is 48.5 Å². The van der Waals surface area contributed by atoms with E-state index in [-0.39, 0.29) is 5.82 Å². The fourth-order valence-electron chi connectivity index (χ4n) is 2.16. The van der Waals surface area contributed by atoms with E-state index in [1.807, 2.05) is 35.8 Å². The molecule has 0 saturated carbocycles. The second kappa shape index (κ2) is 6.11. The summed E-state index contributed by atoms with van der Waals surface area (Å²) < 4.78 is 15.3. The molecule has 22 heavy (non-hydrogen) atoms. The number of nitrogens with zero attached hydrogens (tertiary/aromatic N) is 2. The van der Waals surface area contributed by atoms with Gasteiger partial charge in [0, 0.05) is 11.4 Å². The van der Waals surface area contributed by atoms with E-state index in [0.717, 1.165) is 17.2 Å². The van der Waals surface area contributed by atoms with E-state index in [2.05, 4.69) is 15.5 Å². The van der Waals surface area contributed by atoms with Crippen molar-refractivity contribution in [1.82, 2.24) is 14.8 Å². The molecule has 0 bridgehead atoms. The molecule has 3 rings (SSSR count). The number of aryl methyl sites for hydroxylation is 1. The van der Waals surface area contributed by atoms with Gasteiger partial charge in [0.2, 0.25) is 0 Å². The fraction of sp³-hybridized carbons (Fsp3) is 0.125. The van der Waals surface area contributed by atoms with Crippen LogP contribution in [-0.2, 0) is 6.54 Å². The van der Waals surface area contributed by atoms with Gasteiger partial charge in [0.25, 0.3) is 0 Å². The maximum absolute atomic E-state index is 12.9. The van der Waals surface area contributed by atoms with E-state index < -0.39 is 0 Å². The molecule has 6 heteroatoms. The smallest absolute Gasteiger partial charge is 0.199 e. The number of aromatic nitrogens is 3. The fourth-order valence-corrected chi connectivity index (χ4v) is 2.41. The topological polar surface area (TPSA) is 45.6 Å². The predicted octanol–water partition coefficient (Wildman–Crippen LogP) is 3.99. The highest BCUT2D eigenvalue weighted by molar-refractivity contribution is 7.71. The van der Waals surface area contributed by atoms with Gasteiger partial charge >= 0.3 is 0 Å². The van der Waals surface area contributed by atoms with Gasteiger partial charge in [-0.25, -0.2) is 4.39 Å². The molecule has 0 unspecified atom stereocenters. The molecule has 0 aliphatic heterocycles. The van der Waals surface area contributed by atoms with E-state index in [4.69, 9.17) is 12.2 Å². The minimum absolute atomic E-state index is 0.257. The second-order valence-corrected chi connectivity index (χ2v) is 5.36. The Labute approximate surface area is 132 Å². The highest BCUT2D eigenvalue weighted by Gasteiger charge is 2.08. The molecule has 0 aliphatic carbocycles. The average molecular weight is 314 g/mol. The van der Waals surface area contributed by atoms with E-state index in [1.54, 1.807) is 12.1 Å². The van der Waals surface area contributed by atoms with Crippen molar-refractivity contribution in [2.24, 2.45) is 0 Å². The number of nitrogens with one attached hydrogen (secondary N) is 2. The summed E-state index contributed by atoms with van der Waals surface area (Å²) in [5, 5.41) is 10.3. The Hall–Kier alpha value is -2.47. The van der Waals surface area contributed by atoms with Crippen molar-refractivity contribution in [1.29, 1.82) is 0 Å². The number of hydrogen-bond acceptors (Lipinski definition) is 3. The third kappa shape index (κ3) is 3.07. The first-order chi connectivity index (χ1) is 10.6. The van der Waals surface area contributed by atoms with Crippen LogP contribution in [0.5, 0.6) is 0 Å². The Balaban J connectivity index is 1.84. The minimum Gasteiger partial charge on any atom is -0.378 e. The molecule has 1 heterocycles. The minimum atomic E-state index is -0.257. The van der Waals surface area contributed by atoms with Crippen molar-refractivity contribution in [2.45, 2.75) is 13.5 Å². The Kier molecular flexibility index (Phi) is 4.02. The lowest BCUT2D eigenvalue weighted by Crippen LogP contribution is -2.07. The Morgan fingerprint density at radius 3 is 2.50 bits per heavy atom. The summed E-state index contributed by atoms with van der Waals surface area (Å²) in [6, 6.07) is 14.3. The second-order valence-electron chi connectivity index (χ2n) is 4.98. The van der Waals surface area contributed by atoms with Crippen molar-refractivity contribution in [3.05, 3.63) is 70.5 Å². The van der Waals surface area contributed by atoms with Crippen molar-refractivity contribution in [3.8, 4) is 5.69 Å². The molecule has 0 spiro atoms. The van der Waals surface area contributed by atoms with E-state index in [0.29, 0.717) is 11.3 Å². The predicted molar refractivity (Wildman–Crippen MR) is 87.2 cm³/mol. The van der Waals surface area contributed by atoms with Crippen LogP contribution in [0.25, 0.3) is 5.69 Å². The Morgan fingerprint density at radius 2 is 1.82 bits per heavy atom. The van der Waals surface area contributed by atoms with Crippen LogP contribution in [0.1, 0.15) is 11.4 Å². The van der Waals surface area contributed by atoms with Crippen LogP contribution in [0.2, 0.25) is 0 Å². The summed E-state index contributed by atoms with van der Waals surface area (Å²) in [6.07, 6.45) is 0. The molecule has 0 saturated heterocycles. The first kappa shape index (κ1) is 14.5. The third-order valence-corrected chi connectivity index (χ3v) is 3.60. The lowest BCUT2D eigenvalue weighted by atomic mass is 10.2. The summed E-state index contributed by atoms with van der Waals surface area (Å²) in [5.74, 6) is 0.506. The number of hydrogen-bond donors (Lipinski definition) is 2. The van der Waals surface area contributed by atoms with Gasteiger partial charge in [-0.15, -0.1) is 0 Å². The zero-order chi connectivity index (χ0) is 15.5. The summed E-state index contributed by atoms with van der Waals surface area (Å²) in [4.78, 5) is 0. The van der Waals surface area contributed by atoms with Gasteiger partial charge in [-0.3, -0.25) is 9.67 Å². The van der Waals surface area contributed by atoms with Gasteiger partial charge < -0.3 is 5.32 Å². The standard InChI is InChI=1S/C16H15FN4S/c1-11-2-8-14(9-3-11)21-15(19-20-16(21)22)10-18-13-6-4-12(17)5-7-13/h2-9,18H,10H2,1H3,(H,20,22). The van der Waals surface area contributed by atoms with Gasteiger partial charge in [-0.05, 0) is 55.5 Å². The molecule has 112 valence electrons. The SMILES string of the molecule is Cc1ccc(-n2c(CNc3ccc(F)cc3)n[nH]c2=S)cc1. The maximum Gasteiger partial charge on any atom is 0.199 e. The average Bonchev–Trinajstić information content (AvgIpc) is 2.89. The molecule has 2 aromatic carbocycles. The lowest BCUT2D eigenvalue weighted by Gasteiger charge is -2.09. The quantitative estimate of drug-likeness (QED) is 0.716. The maximum atomic E-state index is 12.9. The lowest BCUT2D eigenvalue weighted by molar-refractivity contribution is 0.628. The van der Waals surface area contributed by atoms with E-state index >= 15 is 0 Å². The first-order valence-corrected chi connectivity index (χ1v) is 7.27. The normalized spacial score (nSPS) is 10.6. The zero-order valence-corrected chi connectivity index (χ0v) is 12.8. The largest absolute Gasteiger partial charge is 0.378 e. The number of benzene rings is 2. The number of halogens is 1. The summed E-state index contributed by atoms with van der Waals surface area (Å²) in [5.41, 5.74) is 2.97. The number of aromatic amines is 1. The first-order valence-electron chi connectivity index (χ1n) is 6.86. The van der Waals surface area contributed by atoms with E-state index in [9.17, 15) is 4.39 Å². The van der Waals surface area contributed by atoms with Crippen molar-refractivity contribution in [3.63, 3.8) is 0 Å². The Morgan fingerprint density at radius 1 is 1.14 bits per heavy atom. The monoisotopic (exact) mass is 314 g/mol. The zero-order valence-electron chi connectivity index (χ0n) is 12.0. The van der Waals surface area contributed by atoms with Gasteiger partial charge in [0.1, 0.15) is 5.82 Å². The molecule has 0 radical (unpaired) electrons. The molecular formula is C16H15FN4S. The number of H-pyrrole nitrogens is 1.